The molecule has 1 aromatic heterocycles. The highest BCUT2D eigenvalue weighted by atomic mass is 19.1. The lowest BCUT2D eigenvalue weighted by Gasteiger charge is -2.15. The monoisotopic (exact) mass is 226 g/mol. The van der Waals surface area contributed by atoms with Gasteiger partial charge in [0.1, 0.15) is 6.33 Å². The zero-order valence-corrected chi connectivity index (χ0v) is 9.62. The van der Waals surface area contributed by atoms with Crippen molar-refractivity contribution in [2.24, 2.45) is 0 Å². The zero-order valence-electron chi connectivity index (χ0n) is 9.62. The van der Waals surface area contributed by atoms with Crippen LogP contribution in [-0.2, 0) is 4.79 Å². The highest BCUT2D eigenvalue weighted by Crippen LogP contribution is 2.10. The van der Waals surface area contributed by atoms with Crippen LogP contribution in [0.4, 0.5) is 10.2 Å². The number of carbonyl (C=O) groups excluding carboxylic acids is 1. The highest BCUT2D eigenvalue weighted by Gasteiger charge is 2.10. The van der Waals surface area contributed by atoms with Crippen molar-refractivity contribution >= 4 is 11.7 Å². The van der Waals surface area contributed by atoms with Crippen LogP contribution >= 0.6 is 0 Å². The third-order valence-electron chi connectivity index (χ3n) is 2.27. The Bertz CT molecular complexity index is 383. The first-order valence-electron chi connectivity index (χ1n) is 5.01. The summed E-state index contributed by atoms with van der Waals surface area (Å²) >= 11 is 0. The molecule has 6 heteroatoms. The van der Waals surface area contributed by atoms with Crippen LogP contribution in [0.15, 0.2) is 6.33 Å². The summed E-state index contributed by atoms with van der Waals surface area (Å²) in [5.74, 6) is -0.571. The molecule has 0 aliphatic heterocycles. The van der Waals surface area contributed by atoms with Gasteiger partial charge in [0.05, 0.1) is 12.2 Å². The molecule has 1 rings (SSSR count). The van der Waals surface area contributed by atoms with Gasteiger partial charge in [-0.05, 0) is 13.8 Å². The molecule has 0 aromatic carbocycles. The number of carbonyl (C=O) groups is 1. The van der Waals surface area contributed by atoms with Crippen LogP contribution < -0.4 is 5.32 Å². The molecule has 0 fully saturated rings. The van der Waals surface area contributed by atoms with E-state index in [0.717, 1.165) is 0 Å². The van der Waals surface area contributed by atoms with Crippen molar-refractivity contribution in [3.63, 3.8) is 0 Å². The molecule has 0 saturated carbocycles. The number of halogens is 1. The molecule has 0 aliphatic carbocycles. The summed E-state index contributed by atoms with van der Waals surface area (Å²) in [4.78, 5) is 20.4. The lowest BCUT2D eigenvalue weighted by molar-refractivity contribution is -0.127. The van der Waals surface area contributed by atoms with Crippen LogP contribution in [0.3, 0.4) is 0 Å². The molecule has 0 atom stereocenters. The van der Waals surface area contributed by atoms with E-state index in [2.05, 4.69) is 15.3 Å². The first kappa shape index (κ1) is 12.4. The normalized spacial score (nSPS) is 10.0. The number of hydrogen-bond acceptors (Lipinski definition) is 4. The Labute approximate surface area is 93.7 Å². The molecule has 0 saturated heterocycles. The standard InChI is InChI=1S/C10H15FN4O/c1-4-15(3)8(16)5-12-10-9(11)7(2)13-6-14-10/h6H,4-5H2,1-3H3,(H,12,13,14). The molecule has 88 valence electrons. The number of nitrogens with one attached hydrogen (secondary N) is 1. The predicted octanol–water partition coefficient (Wildman–Crippen LogP) is 0.814. The number of anilines is 1. The molecular formula is C10H15FN4O. The minimum Gasteiger partial charge on any atom is -0.358 e. The molecule has 1 heterocycles. The van der Waals surface area contributed by atoms with Gasteiger partial charge in [-0.25, -0.2) is 14.4 Å². The summed E-state index contributed by atoms with van der Waals surface area (Å²) in [6, 6.07) is 0. The Kier molecular flexibility index (Phi) is 4.16. The van der Waals surface area contributed by atoms with Gasteiger partial charge in [0.15, 0.2) is 11.6 Å². The van der Waals surface area contributed by atoms with E-state index in [-0.39, 0.29) is 24.0 Å². The van der Waals surface area contributed by atoms with Gasteiger partial charge in [0, 0.05) is 13.6 Å². The quantitative estimate of drug-likeness (QED) is 0.825. The fourth-order valence-corrected chi connectivity index (χ4v) is 1.05. The molecule has 16 heavy (non-hydrogen) atoms. The van der Waals surface area contributed by atoms with E-state index < -0.39 is 5.82 Å². The third kappa shape index (κ3) is 2.88. The Balaban J connectivity index is 2.61. The van der Waals surface area contributed by atoms with E-state index in [1.165, 1.54) is 6.33 Å². The van der Waals surface area contributed by atoms with Gasteiger partial charge in [-0.3, -0.25) is 4.79 Å². The molecule has 1 N–H and O–H groups in total. The first-order chi connectivity index (χ1) is 7.56. The fraction of sp³-hybridized carbons (Fsp3) is 0.500. The van der Waals surface area contributed by atoms with Gasteiger partial charge in [0.2, 0.25) is 5.91 Å². The van der Waals surface area contributed by atoms with Crippen molar-refractivity contribution in [1.29, 1.82) is 0 Å². The average molecular weight is 226 g/mol. The molecular weight excluding hydrogens is 211 g/mol. The SMILES string of the molecule is CCN(C)C(=O)CNc1ncnc(C)c1F. The third-order valence-corrected chi connectivity index (χ3v) is 2.27. The molecule has 0 radical (unpaired) electrons. The van der Waals surface area contributed by atoms with Gasteiger partial charge >= 0.3 is 0 Å². The Morgan fingerprint density at radius 3 is 2.88 bits per heavy atom. The topological polar surface area (TPSA) is 58.1 Å². The van der Waals surface area contributed by atoms with Gasteiger partial charge in [-0.15, -0.1) is 0 Å². The number of amides is 1. The Hall–Kier alpha value is -1.72. The van der Waals surface area contributed by atoms with E-state index >= 15 is 0 Å². The summed E-state index contributed by atoms with van der Waals surface area (Å²) in [7, 11) is 1.69. The maximum Gasteiger partial charge on any atom is 0.241 e. The summed E-state index contributed by atoms with van der Waals surface area (Å²) in [6.07, 6.45) is 1.26. The van der Waals surface area contributed by atoms with Crippen molar-refractivity contribution < 1.29 is 9.18 Å². The Morgan fingerprint density at radius 2 is 2.25 bits per heavy atom. The van der Waals surface area contributed by atoms with Crippen molar-refractivity contribution in [1.82, 2.24) is 14.9 Å². The first-order valence-corrected chi connectivity index (χ1v) is 5.01. The van der Waals surface area contributed by atoms with Gasteiger partial charge < -0.3 is 10.2 Å². The second-order valence-electron chi connectivity index (χ2n) is 3.38. The summed E-state index contributed by atoms with van der Waals surface area (Å²) < 4.78 is 13.4. The van der Waals surface area contributed by atoms with Crippen molar-refractivity contribution in [3.05, 3.63) is 17.8 Å². The number of rotatable bonds is 4. The summed E-state index contributed by atoms with van der Waals surface area (Å²) in [6.45, 7) is 4.05. The van der Waals surface area contributed by atoms with Gasteiger partial charge in [-0.1, -0.05) is 0 Å². The maximum atomic E-state index is 13.4. The van der Waals surface area contributed by atoms with Crippen molar-refractivity contribution in [2.75, 3.05) is 25.5 Å². The van der Waals surface area contributed by atoms with E-state index in [9.17, 15) is 9.18 Å². The fourth-order valence-electron chi connectivity index (χ4n) is 1.05. The van der Waals surface area contributed by atoms with E-state index in [1.807, 2.05) is 6.92 Å². The number of nitrogens with zero attached hydrogens (tertiary/aromatic N) is 3. The lowest BCUT2D eigenvalue weighted by atomic mass is 10.4. The molecule has 5 nitrogen and oxygen atoms in total. The number of aromatic nitrogens is 2. The van der Waals surface area contributed by atoms with E-state index in [1.54, 1.807) is 18.9 Å². The van der Waals surface area contributed by atoms with E-state index in [0.29, 0.717) is 6.54 Å². The summed E-state index contributed by atoms with van der Waals surface area (Å²) in [5.41, 5.74) is 0.258. The predicted molar refractivity (Wildman–Crippen MR) is 58.5 cm³/mol. The van der Waals surface area contributed by atoms with Crippen LogP contribution in [0.2, 0.25) is 0 Å². The second kappa shape index (κ2) is 5.39. The van der Waals surface area contributed by atoms with Crippen molar-refractivity contribution in [3.8, 4) is 0 Å². The van der Waals surface area contributed by atoms with Gasteiger partial charge in [-0.2, -0.15) is 0 Å². The van der Waals surface area contributed by atoms with Crippen LogP contribution in [0.25, 0.3) is 0 Å². The molecule has 1 amide bonds. The minimum absolute atomic E-state index is 0.0255. The largest absolute Gasteiger partial charge is 0.358 e. The number of aryl methyl sites for hydroxylation is 1. The average Bonchev–Trinajstić information content (AvgIpc) is 2.29. The number of likely N-dealkylation sites (N-methyl/N-ethyl adjacent to an activating group) is 1. The van der Waals surface area contributed by atoms with Crippen LogP contribution in [0, 0.1) is 12.7 Å². The highest BCUT2D eigenvalue weighted by molar-refractivity contribution is 5.80. The summed E-state index contributed by atoms with van der Waals surface area (Å²) in [5, 5.41) is 2.65. The second-order valence-corrected chi connectivity index (χ2v) is 3.38. The zero-order chi connectivity index (χ0) is 12.1. The van der Waals surface area contributed by atoms with Crippen LogP contribution in [-0.4, -0.2) is 40.9 Å². The smallest absolute Gasteiger partial charge is 0.241 e. The number of hydrogen-bond donors (Lipinski definition) is 1. The van der Waals surface area contributed by atoms with Crippen molar-refractivity contribution in [2.45, 2.75) is 13.8 Å². The van der Waals surface area contributed by atoms with Crippen LogP contribution in [0.5, 0.6) is 0 Å². The molecule has 0 unspecified atom stereocenters. The Morgan fingerprint density at radius 1 is 1.56 bits per heavy atom. The van der Waals surface area contributed by atoms with Crippen LogP contribution in [0.1, 0.15) is 12.6 Å². The van der Waals surface area contributed by atoms with Gasteiger partial charge in [0.25, 0.3) is 0 Å². The lowest BCUT2D eigenvalue weighted by Crippen LogP contribution is -2.32. The molecule has 0 spiro atoms. The molecule has 1 aromatic rings. The molecule has 0 aliphatic rings. The molecule has 0 bridgehead atoms. The maximum absolute atomic E-state index is 13.4. The minimum atomic E-state index is -0.519. The van der Waals surface area contributed by atoms with E-state index in [4.69, 9.17) is 0 Å².